The van der Waals surface area contributed by atoms with Crippen molar-refractivity contribution in [2.75, 3.05) is 31.6 Å². The molecule has 2 nitrogen and oxygen atoms in total. The van der Waals surface area contributed by atoms with Gasteiger partial charge >= 0.3 is 0 Å². The van der Waals surface area contributed by atoms with Gasteiger partial charge in [0.1, 0.15) is 0 Å². The van der Waals surface area contributed by atoms with Crippen molar-refractivity contribution in [1.29, 1.82) is 0 Å². The Morgan fingerprint density at radius 3 is 2.44 bits per heavy atom. The first kappa shape index (κ1) is 14.8. The maximum atomic E-state index is 5.54. The van der Waals surface area contributed by atoms with Gasteiger partial charge < -0.3 is 4.74 Å². The lowest BCUT2D eigenvalue weighted by molar-refractivity contribution is 0.00602. The highest BCUT2D eigenvalue weighted by Gasteiger charge is 2.38. The third-order valence-corrected chi connectivity index (χ3v) is 5.62. The van der Waals surface area contributed by atoms with Gasteiger partial charge in [-0.15, -0.1) is 0 Å². The molecule has 0 bridgehead atoms. The van der Waals surface area contributed by atoms with Gasteiger partial charge in [-0.25, -0.2) is 0 Å². The van der Waals surface area contributed by atoms with E-state index in [0.717, 1.165) is 30.5 Å². The van der Waals surface area contributed by atoms with Crippen molar-refractivity contribution in [2.24, 2.45) is 11.3 Å². The van der Waals surface area contributed by atoms with Crippen LogP contribution in [-0.4, -0.2) is 42.6 Å². The summed E-state index contributed by atoms with van der Waals surface area (Å²) in [7, 11) is 0. The van der Waals surface area contributed by atoms with Crippen LogP contribution in [0.25, 0.3) is 0 Å². The lowest BCUT2D eigenvalue weighted by Gasteiger charge is -2.40. The Morgan fingerprint density at radius 2 is 1.94 bits per heavy atom. The van der Waals surface area contributed by atoms with Crippen LogP contribution < -0.4 is 0 Å². The summed E-state index contributed by atoms with van der Waals surface area (Å²) in [6, 6.07) is 0.891. The molecule has 0 atom stereocenters. The van der Waals surface area contributed by atoms with E-state index in [4.69, 9.17) is 4.74 Å². The third kappa shape index (κ3) is 4.21. The first-order chi connectivity index (χ1) is 8.65. The van der Waals surface area contributed by atoms with Crippen molar-refractivity contribution >= 4 is 15.9 Å². The van der Waals surface area contributed by atoms with Gasteiger partial charge in [0.15, 0.2) is 0 Å². The van der Waals surface area contributed by atoms with E-state index in [2.05, 4.69) is 34.7 Å². The molecule has 0 aromatic carbocycles. The van der Waals surface area contributed by atoms with Gasteiger partial charge in [0.25, 0.3) is 0 Å². The van der Waals surface area contributed by atoms with Crippen molar-refractivity contribution in [2.45, 2.75) is 52.0 Å². The Bertz CT molecular complexity index is 247. The number of nitrogens with zero attached hydrogens (tertiary/aromatic N) is 1. The van der Waals surface area contributed by atoms with Crippen LogP contribution in [0.3, 0.4) is 0 Å². The molecule has 0 unspecified atom stereocenters. The topological polar surface area (TPSA) is 12.5 Å². The lowest BCUT2D eigenvalue weighted by atomic mass is 9.81. The summed E-state index contributed by atoms with van der Waals surface area (Å²) in [5.41, 5.74) is 0.470. The highest BCUT2D eigenvalue weighted by Crippen LogP contribution is 2.37. The number of ether oxygens (including phenoxy) is 1. The first-order valence-electron chi connectivity index (χ1n) is 7.53. The molecule has 2 fully saturated rings. The summed E-state index contributed by atoms with van der Waals surface area (Å²) < 4.78 is 5.54. The van der Waals surface area contributed by atoms with E-state index in [-0.39, 0.29) is 0 Å². The van der Waals surface area contributed by atoms with Gasteiger partial charge in [-0.1, -0.05) is 29.8 Å². The van der Waals surface area contributed by atoms with E-state index in [1.807, 2.05) is 0 Å². The van der Waals surface area contributed by atoms with Gasteiger partial charge in [0.05, 0.1) is 0 Å². The first-order valence-corrected chi connectivity index (χ1v) is 8.65. The average molecular weight is 318 g/mol. The molecule has 18 heavy (non-hydrogen) atoms. The molecule has 0 N–H and O–H groups in total. The van der Waals surface area contributed by atoms with E-state index in [9.17, 15) is 0 Å². The maximum Gasteiger partial charge on any atom is 0.0472 e. The van der Waals surface area contributed by atoms with Gasteiger partial charge in [-0.2, -0.15) is 0 Å². The summed E-state index contributed by atoms with van der Waals surface area (Å²) in [4.78, 5) is 2.77. The molecule has 0 amide bonds. The Balaban J connectivity index is 1.89. The number of hydrogen-bond donors (Lipinski definition) is 0. The van der Waals surface area contributed by atoms with Crippen molar-refractivity contribution in [1.82, 2.24) is 4.90 Å². The standard InChI is InChI=1S/C15H28BrNO/c1-13(2)5-8-17(14-3-4-14)12-15(11-16)6-9-18-10-7-15/h13-14H,3-12H2,1-2H3. The molecule has 1 heterocycles. The molecule has 3 heteroatoms. The van der Waals surface area contributed by atoms with Crippen LogP contribution in [0.1, 0.15) is 46.0 Å². The summed E-state index contributed by atoms with van der Waals surface area (Å²) in [6.07, 6.45) is 6.64. The normalized spacial score (nSPS) is 23.8. The van der Waals surface area contributed by atoms with Crippen LogP contribution >= 0.6 is 15.9 Å². The predicted octanol–water partition coefficient (Wildman–Crippen LogP) is 3.69. The number of halogens is 1. The van der Waals surface area contributed by atoms with E-state index in [1.165, 1.54) is 45.2 Å². The molecular formula is C15H28BrNO. The SMILES string of the molecule is CC(C)CCN(CC1(CBr)CCOCC1)C1CC1. The molecular weight excluding hydrogens is 290 g/mol. The molecule has 2 rings (SSSR count). The second-order valence-electron chi connectivity index (χ2n) is 6.63. The fourth-order valence-corrected chi connectivity index (χ4v) is 3.56. The molecule has 1 aliphatic heterocycles. The average Bonchev–Trinajstić information content (AvgIpc) is 3.20. The second-order valence-corrected chi connectivity index (χ2v) is 7.19. The smallest absolute Gasteiger partial charge is 0.0472 e. The van der Waals surface area contributed by atoms with Crippen LogP contribution in [0.4, 0.5) is 0 Å². The highest BCUT2D eigenvalue weighted by atomic mass is 79.9. The number of hydrogen-bond acceptors (Lipinski definition) is 2. The Hall–Kier alpha value is 0.400. The van der Waals surface area contributed by atoms with Crippen LogP contribution in [0, 0.1) is 11.3 Å². The molecule has 0 aromatic heterocycles. The highest BCUT2D eigenvalue weighted by molar-refractivity contribution is 9.09. The molecule has 2 aliphatic rings. The van der Waals surface area contributed by atoms with Crippen molar-refractivity contribution in [3.8, 4) is 0 Å². The summed E-state index contributed by atoms with van der Waals surface area (Å²) >= 11 is 3.76. The summed E-state index contributed by atoms with van der Waals surface area (Å²) in [5.74, 6) is 0.820. The van der Waals surface area contributed by atoms with Crippen LogP contribution in [0.2, 0.25) is 0 Å². The summed E-state index contributed by atoms with van der Waals surface area (Å²) in [6.45, 7) is 9.14. The molecule has 1 saturated heterocycles. The Labute approximate surface area is 121 Å². The van der Waals surface area contributed by atoms with Gasteiger partial charge in [0.2, 0.25) is 0 Å². The quantitative estimate of drug-likeness (QED) is 0.664. The van der Waals surface area contributed by atoms with E-state index in [1.54, 1.807) is 0 Å². The van der Waals surface area contributed by atoms with Crippen molar-refractivity contribution in [3.05, 3.63) is 0 Å². The fraction of sp³-hybridized carbons (Fsp3) is 1.00. The fourth-order valence-electron chi connectivity index (χ4n) is 2.82. The Morgan fingerprint density at radius 1 is 1.28 bits per heavy atom. The monoisotopic (exact) mass is 317 g/mol. The van der Waals surface area contributed by atoms with Gasteiger partial charge in [0, 0.05) is 31.1 Å². The van der Waals surface area contributed by atoms with E-state index < -0.39 is 0 Å². The minimum atomic E-state index is 0.470. The number of rotatable bonds is 7. The lowest BCUT2D eigenvalue weighted by Crippen LogP contribution is -2.44. The minimum absolute atomic E-state index is 0.470. The second kappa shape index (κ2) is 6.71. The van der Waals surface area contributed by atoms with Crippen molar-refractivity contribution < 1.29 is 4.74 Å². The Kier molecular flexibility index (Phi) is 5.52. The zero-order chi connectivity index (χ0) is 13.0. The molecule has 106 valence electrons. The minimum Gasteiger partial charge on any atom is -0.381 e. The molecule has 0 spiro atoms. The zero-order valence-corrected chi connectivity index (χ0v) is 13.5. The molecule has 0 radical (unpaired) electrons. The maximum absolute atomic E-state index is 5.54. The predicted molar refractivity (Wildman–Crippen MR) is 80.3 cm³/mol. The molecule has 1 saturated carbocycles. The third-order valence-electron chi connectivity index (χ3n) is 4.43. The zero-order valence-electron chi connectivity index (χ0n) is 12.0. The van der Waals surface area contributed by atoms with Gasteiger partial charge in [-0.05, 0) is 50.0 Å². The van der Waals surface area contributed by atoms with Crippen LogP contribution in [0.5, 0.6) is 0 Å². The van der Waals surface area contributed by atoms with E-state index >= 15 is 0 Å². The largest absolute Gasteiger partial charge is 0.381 e. The van der Waals surface area contributed by atoms with Gasteiger partial charge in [-0.3, -0.25) is 4.90 Å². The van der Waals surface area contributed by atoms with E-state index in [0.29, 0.717) is 5.41 Å². The van der Waals surface area contributed by atoms with Crippen LogP contribution in [0.15, 0.2) is 0 Å². The summed E-state index contributed by atoms with van der Waals surface area (Å²) in [5, 5.41) is 1.13. The molecule has 0 aromatic rings. The van der Waals surface area contributed by atoms with Crippen LogP contribution in [-0.2, 0) is 4.74 Å². The number of alkyl halides is 1. The van der Waals surface area contributed by atoms with Crippen molar-refractivity contribution in [3.63, 3.8) is 0 Å². The molecule has 1 aliphatic carbocycles.